The van der Waals surface area contributed by atoms with E-state index in [9.17, 15) is 0 Å². The number of benzene rings is 2. The van der Waals surface area contributed by atoms with E-state index < -0.39 is 0 Å². The highest BCUT2D eigenvalue weighted by Gasteiger charge is 2.18. The van der Waals surface area contributed by atoms with Crippen molar-refractivity contribution < 1.29 is 0 Å². The van der Waals surface area contributed by atoms with Crippen LogP contribution in [0.15, 0.2) is 48.5 Å². The summed E-state index contributed by atoms with van der Waals surface area (Å²) in [5.74, 6) is 0. The first-order valence-electron chi connectivity index (χ1n) is 7.93. The lowest BCUT2D eigenvalue weighted by Gasteiger charge is -2.19. The maximum atomic E-state index is 3.54. The van der Waals surface area contributed by atoms with Crippen molar-refractivity contribution in [2.45, 2.75) is 39.4 Å². The monoisotopic (exact) mass is 280 g/mol. The molecule has 0 aliphatic carbocycles. The molecule has 1 aliphatic heterocycles. The Labute approximate surface area is 127 Å². The smallest absolute Gasteiger partial charge is 0.0436 e. The lowest BCUT2D eigenvalue weighted by Crippen LogP contribution is -2.19. The van der Waals surface area contributed by atoms with Crippen molar-refractivity contribution in [1.82, 2.24) is 5.32 Å². The molecule has 0 spiro atoms. The van der Waals surface area contributed by atoms with E-state index >= 15 is 0 Å². The Morgan fingerprint density at radius 3 is 2.19 bits per heavy atom. The van der Waals surface area contributed by atoms with Crippen molar-refractivity contribution in [2.75, 3.05) is 11.4 Å². The van der Waals surface area contributed by atoms with Crippen molar-refractivity contribution in [3.63, 3.8) is 0 Å². The molecule has 2 aromatic carbocycles. The van der Waals surface area contributed by atoms with Gasteiger partial charge in [-0.2, -0.15) is 0 Å². The Kier molecular flexibility index (Phi) is 4.26. The summed E-state index contributed by atoms with van der Waals surface area (Å²) in [4.78, 5) is 2.44. The molecule has 0 fully saturated rings. The highest BCUT2D eigenvalue weighted by molar-refractivity contribution is 5.52. The van der Waals surface area contributed by atoms with E-state index in [4.69, 9.17) is 0 Å². The van der Waals surface area contributed by atoms with E-state index in [0.29, 0.717) is 6.04 Å². The van der Waals surface area contributed by atoms with E-state index in [1.54, 1.807) is 0 Å². The van der Waals surface area contributed by atoms with Crippen molar-refractivity contribution in [1.29, 1.82) is 0 Å². The van der Waals surface area contributed by atoms with Gasteiger partial charge in [0.1, 0.15) is 0 Å². The summed E-state index contributed by atoms with van der Waals surface area (Å²) < 4.78 is 0. The molecule has 0 amide bonds. The van der Waals surface area contributed by atoms with Gasteiger partial charge in [-0.1, -0.05) is 43.3 Å². The molecule has 1 atom stereocenters. The van der Waals surface area contributed by atoms with Crippen molar-refractivity contribution >= 4 is 5.69 Å². The molecule has 1 aliphatic rings. The van der Waals surface area contributed by atoms with Gasteiger partial charge in [0.25, 0.3) is 0 Å². The highest BCUT2D eigenvalue weighted by Crippen LogP contribution is 2.28. The van der Waals surface area contributed by atoms with Crippen LogP contribution in [0, 0.1) is 0 Å². The Morgan fingerprint density at radius 2 is 1.62 bits per heavy atom. The van der Waals surface area contributed by atoms with Crippen LogP contribution in [0.1, 0.15) is 43.0 Å². The molecular weight excluding hydrogens is 256 g/mol. The summed E-state index contributed by atoms with van der Waals surface area (Å²) in [6.07, 6.45) is 1.18. The van der Waals surface area contributed by atoms with Gasteiger partial charge in [0.15, 0.2) is 0 Å². The highest BCUT2D eigenvalue weighted by atomic mass is 15.1. The lowest BCUT2D eigenvalue weighted by atomic mass is 10.1. The van der Waals surface area contributed by atoms with Crippen LogP contribution in [0.5, 0.6) is 0 Å². The molecule has 1 N–H and O–H groups in total. The number of hydrogen-bond acceptors (Lipinski definition) is 2. The maximum absolute atomic E-state index is 3.54. The van der Waals surface area contributed by atoms with Gasteiger partial charge < -0.3 is 10.2 Å². The molecular formula is C19H24N2. The largest absolute Gasteiger partial charge is 0.363 e. The number of nitrogens with zero attached hydrogens (tertiary/aromatic N) is 1. The molecule has 0 aromatic heterocycles. The Morgan fingerprint density at radius 1 is 1.00 bits per heavy atom. The number of anilines is 1. The third kappa shape index (κ3) is 3.11. The molecule has 2 aromatic rings. The van der Waals surface area contributed by atoms with Crippen LogP contribution >= 0.6 is 0 Å². The SMILES string of the molecule is CCCNC(C)c1ccc(N2Cc3ccccc3C2)cc1. The molecule has 110 valence electrons. The Balaban J connectivity index is 1.68. The van der Waals surface area contributed by atoms with Crippen LogP contribution in [0.2, 0.25) is 0 Å². The Bertz CT molecular complexity index is 564. The zero-order valence-corrected chi connectivity index (χ0v) is 13.0. The van der Waals surface area contributed by atoms with E-state index in [1.165, 1.54) is 28.8 Å². The topological polar surface area (TPSA) is 15.3 Å². The molecule has 3 rings (SSSR count). The molecule has 21 heavy (non-hydrogen) atoms. The summed E-state index contributed by atoms with van der Waals surface area (Å²) in [5.41, 5.74) is 5.60. The average molecular weight is 280 g/mol. The summed E-state index contributed by atoms with van der Waals surface area (Å²) >= 11 is 0. The van der Waals surface area contributed by atoms with Crippen LogP contribution in [0.3, 0.4) is 0 Å². The minimum absolute atomic E-state index is 0.426. The summed E-state index contributed by atoms with van der Waals surface area (Å²) in [7, 11) is 0. The summed E-state index contributed by atoms with van der Waals surface area (Å²) in [6.45, 7) is 7.56. The third-order valence-electron chi connectivity index (χ3n) is 4.30. The van der Waals surface area contributed by atoms with E-state index in [1.807, 2.05) is 0 Å². The number of fused-ring (bicyclic) bond motifs is 1. The average Bonchev–Trinajstić information content (AvgIpc) is 2.96. The van der Waals surface area contributed by atoms with Gasteiger partial charge in [-0.15, -0.1) is 0 Å². The van der Waals surface area contributed by atoms with Gasteiger partial charge in [0.2, 0.25) is 0 Å². The van der Waals surface area contributed by atoms with Crippen LogP contribution < -0.4 is 10.2 Å². The predicted octanol–water partition coefficient (Wildman–Crippen LogP) is 4.27. The second-order valence-corrected chi connectivity index (χ2v) is 5.89. The van der Waals surface area contributed by atoms with Crippen molar-refractivity contribution in [3.8, 4) is 0 Å². The first kappa shape index (κ1) is 14.2. The Hall–Kier alpha value is -1.80. The molecule has 2 nitrogen and oxygen atoms in total. The van der Waals surface area contributed by atoms with E-state index in [0.717, 1.165) is 19.6 Å². The quantitative estimate of drug-likeness (QED) is 0.880. The minimum Gasteiger partial charge on any atom is -0.363 e. The number of hydrogen-bond donors (Lipinski definition) is 1. The molecule has 0 saturated heterocycles. The fourth-order valence-corrected chi connectivity index (χ4v) is 2.97. The summed E-state index contributed by atoms with van der Waals surface area (Å²) in [6, 6.07) is 18.2. The van der Waals surface area contributed by atoms with E-state index in [-0.39, 0.29) is 0 Å². The third-order valence-corrected chi connectivity index (χ3v) is 4.30. The van der Waals surface area contributed by atoms with Gasteiger partial charge >= 0.3 is 0 Å². The van der Waals surface area contributed by atoms with Crippen molar-refractivity contribution in [3.05, 3.63) is 65.2 Å². The van der Waals surface area contributed by atoms with Crippen molar-refractivity contribution in [2.24, 2.45) is 0 Å². The van der Waals surface area contributed by atoms with Gasteiger partial charge in [0.05, 0.1) is 0 Å². The molecule has 1 unspecified atom stereocenters. The van der Waals surface area contributed by atoms with Crippen LogP contribution in [-0.4, -0.2) is 6.54 Å². The number of nitrogens with one attached hydrogen (secondary N) is 1. The minimum atomic E-state index is 0.426. The second kappa shape index (κ2) is 6.31. The van der Waals surface area contributed by atoms with Gasteiger partial charge in [-0.3, -0.25) is 0 Å². The molecule has 0 saturated carbocycles. The summed E-state index contributed by atoms with van der Waals surface area (Å²) in [5, 5.41) is 3.54. The van der Waals surface area contributed by atoms with Gasteiger partial charge in [-0.25, -0.2) is 0 Å². The first-order chi connectivity index (χ1) is 10.3. The first-order valence-corrected chi connectivity index (χ1v) is 7.93. The fraction of sp³-hybridized carbons (Fsp3) is 0.368. The molecule has 1 heterocycles. The molecule has 0 bridgehead atoms. The second-order valence-electron chi connectivity index (χ2n) is 5.89. The predicted molar refractivity (Wildman–Crippen MR) is 89.5 cm³/mol. The van der Waals surface area contributed by atoms with Gasteiger partial charge in [-0.05, 0) is 48.7 Å². The zero-order chi connectivity index (χ0) is 14.7. The van der Waals surface area contributed by atoms with Crippen LogP contribution in [0.25, 0.3) is 0 Å². The zero-order valence-electron chi connectivity index (χ0n) is 13.0. The standard InChI is InChI=1S/C19H24N2/c1-3-12-20-15(2)16-8-10-19(11-9-16)21-13-17-6-4-5-7-18(17)14-21/h4-11,15,20H,3,12-14H2,1-2H3. The van der Waals surface area contributed by atoms with Crippen LogP contribution in [0.4, 0.5) is 5.69 Å². The number of rotatable bonds is 5. The van der Waals surface area contributed by atoms with Crippen LogP contribution in [-0.2, 0) is 13.1 Å². The molecule has 2 heteroatoms. The van der Waals surface area contributed by atoms with E-state index in [2.05, 4.69) is 72.6 Å². The molecule has 0 radical (unpaired) electrons. The maximum Gasteiger partial charge on any atom is 0.0436 e. The lowest BCUT2D eigenvalue weighted by molar-refractivity contribution is 0.570. The normalized spacial score (nSPS) is 15.0. The fourth-order valence-electron chi connectivity index (χ4n) is 2.97. The van der Waals surface area contributed by atoms with Gasteiger partial charge in [0, 0.05) is 24.8 Å².